The molecule has 32 heavy (non-hydrogen) atoms. The predicted molar refractivity (Wildman–Crippen MR) is 124 cm³/mol. The summed E-state index contributed by atoms with van der Waals surface area (Å²) in [6, 6.07) is 12.8. The third-order valence-electron chi connectivity index (χ3n) is 5.92. The van der Waals surface area contributed by atoms with Crippen LogP contribution in [0.1, 0.15) is 44.6 Å². The lowest BCUT2D eigenvalue weighted by atomic mass is 9.94. The lowest BCUT2D eigenvalue weighted by molar-refractivity contribution is 0.162. The molecule has 0 atom stereocenters. The molecule has 4 rings (SSSR count). The number of hydrogen-bond donors (Lipinski definition) is 2. The van der Waals surface area contributed by atoms with E-state index in [0.29, 0.717) is 17.9 Å². The highest BCUT2D eigenvalue weighted by Gasteiger charge is 2.26. The van der Waals surface area contributed by atoms with Crippen LogP contribution in [0.3, 0.4) is 0 Å². The summed E-state index contributed by atoms with van der Waals surface area (Å²) in [6.45, 7) is 2.67. The summed E-state index contributed by atoms with van der Waals surface area (Å²) in [4.78, 5) is 30.7. The Morgan fingerprint density at radius 2 is 1.88 bits per heavy atom. The number of fused-ring (bicyclic) bond motifs is 1. The normalized spacial score (nSPS) is 14.3. The van der Waals surface area contributed by atoms with Gasteiger partial charge in [0, 0.05) is 28.2 Å². The van der Waals surface area contributed by atoms with Crippen LogP contribution in [0.4, 0.5) is 14.9 Å². The molecule has 3 aromatic rings. The van der Waals surface area contributed by atoms with Crippen molar-refractivity contribution >= 4 is 22.6 Å². The van der Waals surface area contributed by atoms with Crippen molar-refractivity contribution in [1.82, 2.24) is 9.88 Å². The van der Waals surface area contributed by atoms with Gasteiger partial charge in [0.2, 0.25) is 0 Å². The Bertz CT molecular complexity index is 1140. The number of urea groups is 1. The van der Waals surface area contributed by atoms with Gasteiger partial charge in [0.25, 0.3) is 5.56 Å². The lowest BCUT2D eigenvalue weighted by Crippen LogP contribution is -2.44. The lowest BCUT2D eigenvalue weighted by Gasteiger charge is -2.34. The van der Waals surface area contributed by atoms with Crippen LogP contribution in [0.2, 0.25) is 0 Å². The standard InChI is InChI=1S/C25H28FN3O3/c1-2-32-22-12-13-23-17(15-22)14-18(24(30)28-23)16-29(21-6-4-3-5-7-21)25(31)27-20-10-8-19(26)9-11-20/h8-15,21H,2-7,16H2,1H3,(H,27,31)(H,28,30). The summed E-state index contributed by atoms with van der Waals surface area (Å²) >= 11 is 0. The maximum Gasteiger partial charge on any atom is 0.322 e. The minimum Gasteiger partial charge on any atom is -0.494 e. The van der Waals surface area contributed by atoms with Crippen molar-refractivity contribution in [3.63, 3.8) is 0 Å². The van der Waals surface area contributed by atoms with Gasteiger partial charge in [-0.2, -0.15) is 0 Å². The van der Waals surface area contributed by atoms with Gasteiger partial charge < -0.3 is 19.9 Å². The maximum atomic E-state index is 13.2. The SMILES string of the molecule is CCOc1ccc2[nH]c(=O)c(CN(C(=O)Nc3ccc(F)cc3)C3CCCCC3)cc2c1. The van der Waals surface area contributed by atoms with E-state index in [4.69, 9.17) is 4.74 Å². The molecule has 1 heterocycles. The van der Waals surface area contributed by atoms with E-state index < -0.39 is 0 Å². The monoisotopic (exact) mass is 437 g/mol. The number of amides is 2. The Labute approximate surface area is 186 Å². The number of anilines is 1. The smallest absolute Gasteiger partial charge is 0.322 e. The fraction of sp³-hybridized carbons (Fsp3) is 0.360. The topological polar surface area (TPSA) is 74.4 Å². The van der Waals surface area contributed by atoms with E-state index in [1.54, 1.807) is 4.90 Å². The zero-order chi connectivity index (χ0) is 22.5. The number of pyridine rings is 1. The minimum atomic E-state index is -0.360. The molecule has 1 saturated carbocycles. The highest BCUT2D eigenvalue weighted by atomic mass is 19.1. The first-order valence-electron chi connectivity index (χ1n) is 11.2. The van der Waals surface area contributed by atoms with Crippen molar-refractivity contribution in [3.8, 4) is 5.75 Å². The van der Waals surface area contributed by atoms with Crippen LogP contribution in [0, 0.1) is 5.82 Å². The molecular formula is C25H28FN3O3. The van der Waals surface area contributed by atoms with Crippen molar-refractivity contribution < 1.29 is 13.9 Å². The number of ether oxygens (including phenoxy) is 1. The molecule has 1 aliphatic rings. The molecule has 2 amide bonds. The van der Waals surface area contributed by atoms with Crippen LogP contribution in [-0.2, 0) is 6.54 Å². The number of benzene rings is 2. The van der Waals surface area contributed by atoms with Crippen molar-refractivity contribution in [2.75, 3.05) is 11.9 Å². The van der Waals surface area contributed by atoms with E-state index in [1.165, 1.54) is 24.3 Å². The van der Waals surface area contributed by atoms with Gasteiger partial charge in [0.1, 0.15) is 11.6 Å². The third kappa shape index (κ3) is 5.10. The first-order chi connectivity index (χ1) is 15.5. The van der Waals surface area contributed by atoms with Crippen LogP contribution in [0.5, 0.6) is 5.75 Å². The van der Waals surface area contributed by atoms with Crippen molar-refractivity contribution in [3.05, 3.63) is 70.3 Å². The number of hydrogen-bond acceptors (Lipinski definition) is 3. The summed E-state index contributed by atoms with van der Waals surface area (Å²) in [5.74, 6) is 0.373. The van der Waals surface area contributed by atoms with Gasteiger partial charge in [-0.05, 0) is 68.3 Å². The Balaban J connectivity index is 1.62. The van der Waals surface area contributed by atoms with E-state index >= 15 is 0 Å². The highest BCUT2D eigenvalue weighted by molar-refractivity contribution is 5.89. The van der Waals surface area contributed by atoms with Gasteiger partial charge in [0.05, 0.1) is 13.2 Å². The number of nitrogens with one attached hydrogen (secondary N) is 2. The van der Waals surface area contributed by atoms with Crippen molar-refractivity contribution in [1.29, 1.82) is 0 Å². The van der Waals surface area contributed by atoms with E-state index in [1.807, 2.05) is 31.2 Å². The fourth-order valence-electron chi connectivity index (χ4n) is 4.28. The van der Waals surface area contributed by atoms with Crippen molar-refractivity contribution in [2.45, 2.75) is 51.6 Å². The van der Waals surface area contributed by atoms with Gasteiger partial charge in [0.15, 0.2) is 0 Å². The minimum absolute atomic E-state index is 0.0501. The van der Waals surface area contributed by atoms with E-state index in [-0.39, 0.29) is 30.0 Å². The number of halogens is 1. The molecule has 1 fully saturated rings. The molecule has 2 N–H and O–H groups in total. The van der Waals surface area contributed by atoms with Gasteiger partial charge in [-0.3, -0.25) is 4.79 Å². The first kappa shape index (κ1) is 21.9. The Hall–Kier alpha value is -3.35. The second kappa shape index (κ2) is 9.85. The van der Waals surface area contributed by atoms with E-state index in [2.05, 4.69) is 10.3 Å². The Kier molecular flexibility index (Phi) is 6.73. The number of H-pyrrole nitrogens is 1. The molecule has 6 nitrogen and oxygen atoms in total. The van der Waals surface area contributed by atoms with E-state index in [0.717, 1.165) is 48.8 Å². The van der Waals surface area contributed by atoms with E-state index in [9.17, 15) is 14.0 Å². The van der Waals surface area contributed by atoms with Gasteiger partial charge in [-0.25, -0.2) is 9.18 Å². The number of aromatic nitrogens is 1. The summed E-state index contributed by atoms with van der Waals surface area (Å²) in [7, 11) is 0. The molecule has 0 spiro atoms. The number of rotatable bonds is 6. The molecule has 1 aromatic heterocycles. The average Bonchev–Trinajstić information content (AvgIpc) is 2.80. The van der Waals surface area contributed by atoms with Crippen LogP contribution in [-0.4, -0.2) is 28.6 Å². The van der Waals surface area contributed by atoms with Crippen LogP contribution in [0.25, 0.3) is 10.9 Å². The third-order valence-corrected chi connectivity index (χ3v) is 5.92. The summed E-state index contributed by atoms with van der Waals surface area (Å²) in [5, 5.41) is 3.71. The largest absolute Gasteiger partial charge is 0.494 e. The molecule has 1 aliphatic carbocycles. The number of carbonyl (C=O) groups is 1. The molecule has 0 aliphatic heterocycles. The zero-order valence-electron chi connectivity index (χ0n) is 18.2. The van der Waals surface area contributed by atoms with Crippen LogP contribution < -0.4 is 15.6 Å². The molecule has 0 saturated heterocycles. The quantitative estimate of drug-likeness (QED) is 0.540. The zero-order valence-corrected chi connectivity index (χ0v) is 18.2. The number of aromatic amines is 1. The van der Waals surface area contributed by atoms with Gasteiger partial charge in [-0.15, -0.1) is 0 Å². The molecule has 0 unspecified atom stereocenters. The van der Waals surface area contributed by atoms with Crippen LogP contribution in [0.15, 0.2) is 53.3 Å². The average molecular weight is 438 g/mol. The maximum absolute atomic E-state index is 13.2. The molecule has 7 heteroatoms. The highest BCUT2D eigenvalue weighted by Crippen LogP contribution is 2.26. The molecule has 0 radical (unpaired) electrons. The Morgan fingerprint density at radius 3 is 2.59 bits per heavy atom. The summed E-state index contributed by atoms with van der Waals surface area (Å²) in [6.07, 6.45) is 5.06. The van der Waals surface area contributed by atoms with Crippen LogP contribution >= 0.6 is 0 Å². The molecular weight excluding hydrogens is 409 g/mol. The molecule has 0 bridgehead atoms. The summed E-state index contributed by atoms with van der Waals surface area (Å²) < 4.78 is 18.8. The first-order valence-corrected chi connectivity index (χ1v) is 11.2. The summed E-state index contributed by atoms with van der Waals surface area (Å²) in [5.41, 5.74) is 1.55. The van der Waals surface area contributed by atoms with Crippen molar-refractivity contribution in [2.24, 2.45) is 0 Å². The second-order valence-electron chi connectivity index (χ2n) is 8.16. The predicted octanol–water partition coefficient (Wildman–Crippen LogP) is 5.43. The van der Waals surface area contributed by atoms with Gasteiger partial charge >= 0.3 is 6.03 Å². The van der Waals surface area contributed by atoms with Gasteiger partial charge in [-0.1, -0.05) is 19.3 Å². The Morgan fingerprint density at radius 1 is 1.12 bits per heavy atom. The number of carbonyl (C=O) groups excluding carboxylic acids is 1. The number of nitrogens with zero attached hydrogens (tertiary/aromatic N) is 1. The fourth-order valence-corrected chi connectivity index (χ4v) is 4.28. The second-order valence-corrected chi connectivity index (χ2v) is 8.16. The molecule has 2 aromatic carbocycles. The molecule has 168 valence electrons.